The van der Waals surface area contributed by atoms with Gasteiger partial charge in [-0.25, -0.2) is 4.98 Å². The first-order valence-electron chi connectivity index (χ1n) is 4.67. The Hall–Kier alpha value is -1.30. The molecule has 0 amide bonds. The van der Waals surface area contributed by atoms with Crippen molar-refractivity contribution in [3.8, 4) is 0 Å². The average Bonchev–Trinajstić information content (AvgIpc) is 2.28. The van der Waals surface area contributed by atoms with Gasteiger partial charge in [0.2, 0.25) is 0 Å². The predicted molar refractivity (Wildman–Crippen MR) is 54.3 cm³/mol. The van der Waals surface area contributed by atoms with Gasteiger partial charge in [0.05, 0.1) is 11.8 Å². The lowest BCUT2D eigenvalue weighted by Crippen LogP contribution is -2.22. The van der Waals surface area contributed by atoms with Crippen LogP contribution in [-0.4, -0.2) is 34.1 Å². The van der Waals surface area contributed by atoms with Crippen LogP contribution in [0.15, 0.2) is 18.2 Å². The number of nitrogens with zero attached hydrogens (tertiary/aromatic N) is 1. The summed E-state index contributed by atoms with van der Waals surface area (Å²) >= 11 is 0. The van der Waals surface area contributed by atoms with Gasteiger partial charge in [0.25, 0.3) is 0 Å². The Kier molecular flexibility index (Phi) is 4.36. The standard InChI is InChI=1S/C10H14N2O3/c11-5-4-9(14)10(15)8-3-1-2-7(6-13)12-8/h1-3,6,9-10,14-15H,4-5,11H2. The van der Waals surface area contributed by atoms with Crippen LogP contribution in [-0.2, 0) is 0 Å². The number of nitrogens with two attached hydrogens (primary N) is 1. The maximum Gasteiger partial charge on any atom is 0.168 e. The minimum atomic E-state index is -1.10. The van der Waals surface area contributed by atoms with Crippen LogP contribution >= 0.6 is 0 Å². The van der Waals surface area contributed by atoms with Gasteiger partial charge in [-0.15, -0.1) is 0 Å². The zero-order chi connectivity index (χ0) is 11.3. The summed E-state index contributed by atoms with van der Waals surface area (Å²) in [5.41, 5.74) is 5.76. The lowest BCUT2D eigenvalue weighted by atomic mass is 10.1. The minimum absolute atomic E-state index is 0.228. The van der Waals surface area contributed by atoms with Gasteiger partial charge in [-0.3, -0.25) is 4.79 Å². The number of rotatable bonds is 5. The van der Waals surface area contributed by atoms with E-state index >= 15 is 0 Å². The van der Waals surface area contributed by atoms with E-state index in [0.717, 1.165) is 0 Å². The van der Waals surface area contributed by atoms with Crippen molar-refractivity contribution < 1.29 is 15.0 Å². The fraction of sp³-hybridized carbons (Fsp3) is 0.400. The number of carbonyl (C=O) groups is 1. The summed E-state index contributed by atoms with van der Waals surface area (Å²) in [7, 11) is 0. The van der Waals surface area contributed by atoms with Gasteiger partial charge >= 0.3 is 0 Å². The monoisotopic (exact) mass is 210 g/mol. The van der Waals surface area contributed by atoms with Gasteiger partial charge in [-0.2, -0.15) is 0 Å². The summed E-state index contributed by atoms with van der Waals surface area (Å²) in [6.07, 6.45) is -1.18. The van der Waals surface area contributed by atoms with Gasteiger partial charge in [-0.05, 0) is 25.1 Å². The van der Waals surface area contributed by atoms with E-state index in [2.05, 4.69) is 4.98 Å². The molecule has 0 aromatic carbocycles. The number of hydrogen-bond donors (Lipinski definition) is 3. The van der Waals surface area contributed by atoms with Crippen LogP contribution in [0.1, 0.15) is 28.7 Å². The Morgan fingerprint density at radius 2 is 2.20 bits per heavy atom. The molecule has 2 atom stereocenters. The highest BCUT2D eigenvalue weighted by Crippen LogP contribution is 2.16. The van der Waals surface area contributed by atoms with E-state index in [0.29, 0.717) is 6.29 Å². The first-order chi connectivity index (χ1) is 7.19. The Labute approximate surface area is 87.6 Å². The van der Waals surface area contributed by atoms with Crippen LogP contribution in [0, 0.1) is 0 Å². The number of aliphatic hydroxyl groups excluding tert-OH is 2. The SMILES string of the molecule is NCCC(O)C(O)c1cccc(C=O)n1. The summed E-state index contributed by atoms with van der Waals surface area (Å²) in [5.74, 6) is 0. The van der Waals surface area contributed by atoms with Crippen LogP contribution < -0.4 is 5.73 Å². The molecule has 1 heterocycles. The molecule has 0 saturated carbocycles. The second-order valence-electron chi connectivity index (χ2n) is 3.19. The van der Waals surface area contributed by atoms with Crippen molar-refractivity contribution in [1.29, 1.82) is 0 Å². The number of hydrogen-bond acceptors (Lipinski definition) is 5. The highest BCUT2D eigenvalue weighted by molar-refractivity contribution is 5.71. The summed E-state index contributed by atoms with van der Waals surface area (Å²) < 4.78 is 0. The van der Waals surface area contributed by atoms with Crippen molar-refractivity contribution >= 4 is 6.29 Å². The molecule has 82 valence electrons. The Bertz CT molecular complexity index is 330. The highest BCUT2D eigenvalue weighted by atomic mass is 16.3. The van der Waals surface area contributed by atoms with E-state index in [9.17, 15) is 15.0 Å². The highest BCUT2D eigenvalue weighted by Gasteiger charge is 2.18. The van der Waals surface area contributed by atoms with Gasteiger partial charge < -0.3 is 15.9 Å². The first kappa shape index (κ1) is 11.8. The molecule has 0 saturated heterocycles. The number of aliphatic hydroxyl groups is 2. The second kappa shape index (κ2) is 5.55. The summed E-state index contributed by atoms with van der Waals surface area (Å²) in [6.45, 7) is 0.283. The minimum Gasteiger partial charge on any atom is -0.390 e. The molecule has 0 radical (unpaired) electrons. The number of pyridine rings is 1. The van der Waals surface area contributed by atoms with Crippen LogP contribution in [0.4, 0.5) is 0 Å². The molecule has 5 nitrogen and oxygen atoms in total. The molecule has 0 spiro atoms. The van der Waals surface area contributed by atoms with Gasteiger partial charge in [0.1, 0.15) is 11.8 Å². The van der Waals surface area contributed by atoms with Crippen molar-refractivity contribution in [1.82, 2.24) is 4.98 Å². The van der Waals surface area contributed by atoms with E-state index < -0.39 is 12.2 Å². The van der Waals surface area contributed by atoms with Crippen molar-refractivity contribution in [3.63, 3.8) is 0 Å². The van der Waals surface area contributed by atoms with Crippen LogP contribution in [0.2, 0.25) is 0 Å². The molecule has 4 N–H and O–H groups in total. The third-order valence-electron chi connectivity index (χ3n) is 2.04. The number of carbonyl (C=O) groups excluding carboxylic acids is 1. The second-order valence-corrected chi connectivity index (χ2v) is 3.19. The van der Waals surface area contributed by atoms with Crippen molar-refractivity contribution in [2.75, 3.05) is 6.54 Å². The molecular formula is C10H14N2O3. The zero-order valence-corrected chi connectivity index (χ0v) is 8.21. The molecule has 1 aromatic heterocycles. The van der Waals surface area contributed by atoms with Crippen LogP contribution in [0.5, 0.6) is 0 Å². The fourth-order valence-corrected chi connectivity index (χ4v) is 1.22. The lowest BCUT2D eigenvalue weighted by molar-refractivity contribution is 0.0124. The number of aromatic nitrogens is 1. The van der Waals surface area contributed by atoms with E-state index in [1.54, 1.807) is 12.1 Å². The molecule has 5 heteroatoms. The van der Waals surface area contributed by atoms with Crippen molar-refractivity contribution in [2.24, 2.45) is 5.73 Å². The molecule has 15 heavy (non-hydrogen) atoms. The summed E-state index contributed by atoms with van der Waals surface area (Å²) in [4.78, 5) is 14.3. The van der Waals surface area contributed by atoms with E-state index in [-0.39, 0.29) is 24.4 Å². The van der Waals surface area contributed by atoms with Crippen molar-refractivity contribution in [2.45, 2.75) is 18.6 Å². The van der Waals surface area contributed by atoms with Crippen molar-refractivity contribution in [3.05, 3.63) is 29.6 Å². The zero-order valence-electron chi connectivity index (χ0n) is 8.21. The largest absolute Gasteiger partial charge is 0.390 e. The topological polar surface area (TPSA) is 96.4 Å². The van der Waals surface area contributed by atoms with Gasteiger partial charge in [0, 0.05) is 0 Å². The summed E-state index contributed by atoms with van der Waals surface area (Å²) in [6, 6.07) is 4.68. The maximum absolute atomic E-state index is 10.5. The quantitative estimate of drug-likeness (QED) is 0.576. The lowest BCUT2D eigenvalue weighted by Gasteiger charge is -2.16. The van der Waals surface area contributed by atoms with E-state index in [4.69, 9.17) is 5.73 Å². The molecule has 0 aliphatic carbocycles. The predicted octanol–water partition coefficient (Wildman–Crippen LogP) is -0.363. The third-order valence-corrected chi connectivity index (χ3v) is 2.04. The molecule has 0 fully saturated rings. The molecular weight excluding hydrogens is 196 g/mol. The first-order valence-corrected chi connectivity index (χ1v) is 4.67. The van der Waals surface area contributed by atoms with Gasteiger partial charge in [0.15, 0.2) is 6.29 Å². The maximum atomic E-state index is 10.5. The molecule has 1 rings (SSSR count). The Morgan fingerprint density at radius 3 is 2.80 bits per heavy atom. The average molecular weight is 210 g/mol. The van der Waals surface area contributed by atoms with E-state index in [1.165, 1.54) is 6.07 Å². The van der Waals surface area contributed by atoms with E-state index in [1.807, 2.05) is 0 Å². The molecule has 2 unspecified atom stereocenters. The Morgan fingerprint density at radius 1 is 1.47 bits per heavy atom. The molecule has 0 aliphatic rings. The Balaban J connectivity index is 2.80. The molecule has 0 bridgehead atoms. The molecule has 1 aromatic rings. The normalized spacial score (nSPS) is 14.6. The summed E-state index contributed by atoms with van der Waals surface area (Å²) in [5, 5.41) is 19.1. The van der Waals surface area contributed by atoms with Crippen LogP contribution in [0.3, 0.4) is 0 Å². The van der Waals surface area contributed by atoms with Crippen LogP contribution in [0.25, 0.3) is 0 Å². The number of aldehydes is 1. The smallest absolute Gasteiger partial charge is 0.168 e. The van der Waals surface area contributed by atoms with Gasteiger partial charge in [-0.1, -0.05) is 6.07 Å². The molecule has 0 aliphatic heterocycles. The fourth-order valence-electron chi connectivity index (χ4n) is 1.22. The third kappa shape index (κ3) is 3.09.